The van der Waals surface area contributed by atoms with Crippen LogP contribution in [0.1, 0.15) is 20.8 Å². The molecule has 0 bridgehead atoms. The van der Waals surface area contributed by atoms with Gasteiger partial charge < -0.3 is 24.8 Å². The first-order chi connectivity index (χ1) is 18.1. The normalized spacial score (nSPS) is 15.8. The molecule has 1 saturated heterocycles. The highest BCUT2D eigenvalue weighted by atomic mass is 35.5. The van der Waals surface area contributed by atoms with Gasteiger partial charge in [-0.2, -0.15) is 4.98 Å². The smallest absolute Gasteiger partial charge is 0.229 e. The molecule has 0 amide bonds. The topological polar surface area (TPSA) is 114 Å². The van der Waals surface area contributed by atoms with E-state index >= 15 is 0 Å². The van der Waals surface area contributed by atoms with Gasteiger partial charge in [-0.05, 0) is 50.7 Å². The maximum absolute atomic E-state index is 13.6. The van der Waals surface area contributed by atoms with Crippen molar-refractivity contribution in [1.29, 1.82) is 0 Å². The third-order valence-corrected chi connectivity index (χ3v) is 12.3. The second kappa shape index (κ2) is 11.6. The fraction of sp³-hybridized carbons (Fsp3) is 0.385. The molecule has 1 aliphatic heterocycles. The highest BCUT2D eigenvalue weighted by molar-refractivity contribution is 7.92. The van der Waals surface area contributed by atoms with E-state index in [-0.39, 0.29) is 21.7 Å². The number of benzene rings is 2. The molecule has 12 heteroatoms. The summed E-state index contributed by atoms with van der Waals surface area (Å²) in [6.45, 7) is 8.00. The molecule has 2 aromatic carbocycles. The third kappa shape index (κ3) is 5.99. The van der Waals surface area contributed by atoms with Gasteiger partial charge in [-0.25, -0.2) is 13.4 Å². The van der Waals surface area contributed by atoms with Crippen molar-refractivity contribution in [1.82, 2.24) is 14.9 Å². The average molecular weight is 578 g/mol. The fourth-order valence-corrected chi connectivity index (χ4v) is 8.27. The highest BCUT2D eigenvalue weighted by Gasteiger charge is 2.30. The largest absolute Gasteiger partial charge is 0.495 e. The van der Waals surface area contributed by atoms with Gasteiger partial charge in [0.1, 0.15) is 17.9 Å². The van der Waals surface area contributed by atoms with Crippen molar-refractivity contribution in [2.75, 3.05) is 49.7 Å². The van der Waals surface area contributed by atoms with E-state index in [1.165, 1.54) is 6.20 Å². The van der Waals surface area contributed by atoms with Gasteiger partial charge in [-0.15, -0.1) is 0 Å². The molecular weight excluding hydrogens is 545 g/mol. The molecule has 204 valence electrons. The SMILES string of the molecule is CCN1CCP(=O)(c2ccc(Nc3ncc(Cl)c(Nc4ccccc4S(=O)(=O)C(C)C)n3)c(OC)c2)CC1. The van der Waals surface area contributed by atoms with E-state index in [0.717, 1.165) is 24.9 Å². The van der Waals surface area contributed by atoms with E-state index in [0.29, 0.717) is 29.4 Å². The zero-order valence-corrected chi connectivity index (χ0v) is 24.4. The summed E-state index contributed by atoms with van der Waals surface area (Å²) in [5, 5.41) is 6.63. The van der Waals surface area contributed by atoms with E-state index < -0.39 is 22.2 Å². The summed E-state index contributed by atoms with van der Waals surface area (Å²) in [5.74, 6) is 1.00. The zero-order chi connectivity index (χ0) is 27.5. The van der Waals surface area contributed by atoms with Crippen molar-refractivity contribution >= 4 is 57.0 Å². The van der Waals surface area contributed by atoms with Crippen molar-refractivity contribution in [2.45, 2.75) is 30.9 Å². The predicted octanol–water partition coefficient (Wildman–Crippen LogP) is 5.13. The number of halogens is 1. The molecule has 0 radical (unpaired) electrons. The quantitative estimate of drug-likeness (QED) is 0.334. The first-order valence-corrected chi connectivity index (χ1v) is 16.5. The van der Waals surface area contributed by atoms with E-state index in [9.17, 15) is 13.0 Å². The number of nitrogens with one attached hydrogen (secondary N) is 2. The maximum Gasteiger partial charge on any atom is 0.229 e. The van der Waals surface area contributed by atoms with Gasteiger partial charge in [-0.1, -0.05) is 30.7 Å². The number of rotatable bonds is 9. The molecule has 1 aliphatic rings. The fourth-order valence-electron chi connectivity index (χ4n) is 4.28. The molecule has 3 aromatic rings. The molecule has 4 rings (SSSR count). The van der Waals surface area contributed by atoms with Crippen LogP contribution < -0.4 is 20.7 Å². The Morgan fingerprint density at radius 3 is 2.47 bits per heavy atom. The molecule has 0 atom stereocenters. The number of sulfone groups is 1. The van der Waals surface area contributed by atoms with Gasteiger partial charge in [0.2, 0.25) is 5.95 Å². The summed E-state index contributed by atoms with van der Waals surface area (Å²) in [6.07, 6.45) is 2.74. The van der Waals surface area contributed by atoms with E-state index in [1.807, 2.05) is 18.2 Å². The monoisotopic (exact) mass is 577 g/mol. The number of anilines is 4. The van der Waals surface area contributed by atoms with Crippen LogP contribution in [0.4, 0.5) is 23.1 Å². The molecule has 0 saturated carbocycles. The Labute approximate surface area is 229 Å². The summed E-state index contributed by atoms with van der Waals surface area (Å²) in [7, 11) is -4.48. The number of hydrogen-bond acceptors (Lipinski definition) is 9. The van der Waals surface area contributed by atoms with Crippen LogP contribution in [0.3, 0.4) is 0 Å². The minimum absolute atomic E-state index is 0.163. The molecule has 2 N–H and O–H groups in total. The molecule has 2 heterocycles. The van der Waals surface area contributed by atoms with Crippen LogP contribution in [0.25, 0.3) is 0 Å². The predicted molar refractivity (Wildman–Crippen MR) is 154 cm³/mol. The van der Waals surface area contributed by atoms with Crippen molar-refractivity contribution < 1.29 is 17.7 Å². The summed E-state index contributed by atoms with van der Waals surface area (Å²) in [5.41, 5.74) is 0.972. The Morgan fingerprint density at radius 1 is 1.11 bits per heavy atom. The Hall–Kier alpha value is -2.65. The second-order valence-electron chi connectivity index (χ2n) is 9.39. The first kappa shape index (κ1) is 28.4. The summed E-state index contributed by atoms with van der Waals surface area (Å²) >= 11 is 6.36. The first-order valence-electron chi connectivity index (χ1n) is 12.5. The summed E-state index contributed by atoms with van der Waals surface area (Å²) < 4.78 is 44.9. The van der Waals surface area contributed by atoms with Crippen molar-refractivity contribution in [2.24, 2.45) is 0 Å². The Bertz CT molecular complexity index is 1460. The van der Waals surface area contributed by atoms with Crippen molar-refractivity contribution in [3.05, 3.63) is 53.7 Å². The van der Waals surface area contributed by atoms with Gasteiger partial charge in [0.05, 0.1) is 34.8 Å². The minimum Gasteiger partial charge on any atom is -0.495 e. The lowest BCUT2D eigenvalue weighted by atomic mass is 10.3. The Morgan fingerprint density at radius 2 is 1.82 bits per heavy atom. The molecule has 9 nitrogen and oxygen atoms in total. The lowest BCUT2D eigenvalue weighted by Crippen LogP contribution is -2.36. The number of para-hydroxylation sites is 1. The Kier molecular flexibility index (Phi) is 8.67. The average Bonchev–Trinajstić information content (AvgIpc) is 2.91. The molecule has 1 aromatic heterocycles. The van der Waals surface area contributed by atoms with Gasteiger partial charge in [0.25, 0.3) is 0 Å². The van der Waals surface area contributed by atoms with Gasteiger partial charge in [0, 0.05) is 30.7 Å². The Balaban J connectivity index is 1.59. The van der Waals surface area contributed by atoms with Crippen LogP contribution >= 0.6 is 18.7 Å². The van der Waals surface area contributed by atoms with E-state index in [4.69, 9.17) is 16.3 Å². The summed E-state index contributed by atoms with van der Waals surface area (Å²) in [6, 6.07) is 12.1. The number of ether oxygens (including phenoxy) is 1. The summed E-state index contributed by atoms with van der Waals surface area (Å²) in [4.78, 5) is 11.2. The number of aromatic nitrogens is 2. The van der Waals surface area contributed by atoms with Gasteiger partial charge in [-0.3, -0.25) is 0 Å². The van der Waals surface area contributed by atoms with Crippen LogP contribution in [0, 0.1) is 0 Å². The van der Waals surface area contributed by atoms with Crippen LogP contribution in [-0.4, -0.2) is 67.6 Å². The number of nitrogens with zero attached hydrogens (tertiary/aromatic N) is 3. The van der Waals surface area contributed by atoms with Crippen LogP contribution in [0.2, 0.25) is 5.02 Å². The lowest BCUT2D eigenvalue weighted by molar-refractivity contribution is 0.312. The third-order valence-electron chi connectivity index (χ3n) is 6.72. The van der Waals surface area contributed by atoms with Crippen LogP contribution in [0.5, 0.6) is 5.75 Å². The number of methoxy groups -OCH3 is 1. The molecule has 38 heavy (non-hydrogen) atoms. The maximum atomic E-state index is 13.6. The molecular formula is C26H33ClN5O4PS. The highest BCUT2D eigenvalue weighted by Crippen LogP contribution is 2.47. The van der Waals surface area contributed by atoms with E-state index in [1.54, 1.807) is 45.2 Å². The van der Waals surface area contributed by atoms with Crippen molar-refractivity contribution in [3.63, 3.8) is 0 Å². The van der Waals surface area contributed by atoms with Gasteiger partial charge >= 0.3 is 0 Å². The molecule has 0 aliphatic carbocycles. The lowest BCUT2D eigenvalue weighted by Gasteiger charge is -2.31. The molecule has 0 spiro atoms. The standard InChI is InChI=1S/C26H33ClN5O4PS/c1-5-32-12-14-37(33,15-13-32)19-10-11-21(23(16-19)36-4)30-26-28-17-20(27)25(31-26)29-22-8-6-7-9-24(22)38(34,35)18(2)3/h6-11,16-18H,5,12-15H2,1-4H3,(H2,28,29,30,31). The second-order valence-corrected chi connectivity index (χ2v) is 15.5. The van der Waals surface area contributed by atoms with Crippen LogP contribution in [0.15, 0.2) is 53.6 Å². The number of hydrogen-bond donors (Lipinski definition) is 2. The minimum atomic E-state index is -3.54. The zero-order valence-electron chi connectivity index (χ0n) is 21.9. The van der Waals surface area contributed by atoms with E-state index in [2.05, 4.69) is 32.4 Å². The van der Waals surface area contributed by atoms with Crippen molar-refractivity contribution in [3.8, 4) is 5.75 Å². The molecule has 1 fully saturated rings. The van der Waals surface area contributed by atoms with Gasteiger partial charge in [0.15, 0.2) is 15.7 Å². The molecule has 0 unspecified atom stereocenters. The van der Waals surface area contributed by atoms with Crippen LogP contribution in [-0.2, 0) is 14.4 Å².